The van der Waals surface area contributed by atoms with Crippen molar-refractivity contribution in [3.8, 4) is 0 Å². The molecule has 3 heteroatoms. The number of hydrogen-bond acceptors (Lipinski definition) is 3. The second-order valence-corrected chi connectivity index (χ2v) is 12.0. The molecule has 3 nitrogen and oxygen atoms in total. The maximum absolute atomic E-state index is 10.3. The summed E-state index contributed by atoms with van der Waals surface area (Å²) in [4.78, 5) is 5.19. The van der Waals surface area contributed by atoms with Crippen molar-refractivity contribution in [3.63, 3.8) is 0 Å². The van der Waals surface area contributed by atoms with Gasteiger partial charge >= 0.3 is 0 Å². The molecule has 0 aromatic heterocycles. The van der Waals surface area contributed by atoms with Crippen LogP contribution >= 0.6 is 0 Å². The maximum atomic E-state index is 10.3. The van der Waals surface area contributed by atoms with Crippen LogP contribution in [0.5, 0.6) is 0 Å². The summed E-state index contributed by atoms with van der Waals surface area (Å²) in [6, 6.07) is 0. The number of likely N-dealkylation sites (N-methyl/N-ethyl adjacent to an activating group) is 1. The highest BCUT2D eigenvalue weighted by Crippen LogP contribution is 2.64. The van der Waals surface area contributed by atoms with Gasteiger partial charge in [0.1, 0.15) is 0 Å². The molecular weight excluding hydrogens is 368 g/mol. The molecule has 1 heterocycles. The van der Waals surface area contributed by atoms with Crippen molar-refractivity contribution >= 4 is 0 Å². The zero-order valence-electron chi connectivity index (χ0n) is 19.9. The zero-order valence-corrected chi connectivity index (χ0v) is 19.9. The zero-order chi connectivity index (χ0) is 21.1. The fourth-order valence-electron chi connectivity index (χ4n) is 8.29. The molecule has 30 heavy (non-hydrogen) atoms. The van der Waals surface area contributed by atoms with E-state index in [2.05, 4.69) is 43.7 Å². The normalized spacial score (nSPS) is 43.6. The highest BCUT2D eigenvalue weighted by Gasteiger charge is 2.53. The molecule has 5 rings (SSSR count). The molecule has 168 valence electrons. The number of rotatable bonds is 3. The number of nitrogens with zero attached hydrogens (tertiary/aromatic N) is 2. The van der Waals surface area contributed by atoms with Gasteiger partial charge in [0.05, 0.1) is 6.10 Å². The highest BCUT2D eigenvalue weighted by molar-refractivity contribution is 5.49. The first-order valence-corrected chi connectivity index (χ1v) is 12.8. The lowest BCUT2D eigenvalue weighted by Gasteiger charge is -2.54. The third-order valence-electron chi connectivity index (χ3n) is 10.3. The van der Waals surface area contributed by atoms with E-state index in [1.165, 1.54) is 71.2 Å². The van der Waals surface area contributed by atoms with Crippen LogP contribution in [-0.4, -0.2) is 60.8 Å². The molecular formula is C27H44N2O. The summed E-state index contributed by atoms with van der Waals surface area (Å²) in [7, 11) is 2.25. The first kappa shape index (κ1) is 21.2. The van der Waals surface area contributed by atoms with E-state index in [0.29, 0.717) is 16.7 Å². The smallest absolute Gasteiger partial charge is 0.0543 e. The van der Waals surface area contributed by atoms with Crippen molar-refractivity contribution in [1.82, 2.24) is 9.80 Å². The predicted octanol–water partition coefficient (Wildman–Crippen LogP) is 4.87. The Bertz CT molecular complexity index is 733. The second kappa shape index (κ2) is 7.74. The summed E-state index contributed by atoms with van der Waals surface area (Å²) < 4.78 is 0. The van der Waals surface area contributed by atoms with Crippen molar-refractivity contribution in [2.75, 3.05) is 39.8 Å². The fourth-order valence-corrected chi connectivity index (χ4v) is 8.29. The van der Waals surface area contributed by atoms with E-state index in [1.54, 1.807) is 11.1 Å². The van der Waals surface area contributed by atoms with Crippen molar-refractivity contribution < 1.29 is 5.11 Å². The molecule has 1 aliphatic heterocycles. The topological polar surface area (TPSA) is 26.7 Å². The van der Waals surface area contributed by atoms with Crippen LogP contribution in [-0.2, 0) is 0 Å². The SMILES string of the molecule is C[C@H](CN1CCN(C)CC1)[C@H]1CC=C2C3=C(CC[C@@]21C)[C@@]1(C)CC[C@H](O)C[C@@H]1CC3. The van der Waals surface area contributed by atoms with Crippen molar-refractivity contribution in [2.45, 2.75) is 78.2 Å². The van der Waals surface area contributed by atoms with Gasteiger partial charge in [0, 0.05) is 32.7 Å². The third-order valence-corrected chi connectivity index (χ3v) is 10.3. The Balaban J connectivity index is 1.34. The standard InChI is InChI=1S/C27H44N2O/c1-19(18-29-15-13-28(4)14-16-29)23-7-8-24-22-6-5-20-17-21(30)9-11-26(20,2)25(22)10-12-27(23,24)3/h8,19-21,23,30H,5-7,9-18H2,1-4H3/t19-,20+,21+,23-,26+,27-/m1/s1. The number of piperazine rings is 1. The molecule has 6 atom stereocenters. The molecule has 0 aromatic carbocycles. The van der Waals surface area contributed by atoms with Crippen LogP contribution in [0.3, 0.4) is 0 Å². The van der Waals surface area contributed by atoms with Gasteiger partial charge in [-0.15, -0.1) is 0 Å². The van der Waals surface area contributed by atoms with Crippen molar-refractivity contribution in [2.24, 2.45) is 28.6 Å². The molecule has 1 saturated carbocycles. The minimum absolute atomic E-state index is 0.0513. The molecule has 0 bridgehead atoms. The molecule has 0 radical (unpaired) electrons. The first-order chi connectivity index (χ1) is 14.3. The molecule has 4 aliphatic carbocycles. The lowest BCUT2D eigenvalue weighted by Crippen LogP contribution is -2.48. The maximum Gasteiger partial charge on any atom is 0.0543 e. The van der Waals surface area contributed by atoms with Gasteiger partial charge < -0.3 is 14.9 Å². The van der Waals surface area contributed by atoms with Crippen LogP contribution in [0.2, 0.25) is 0 Å². The average molecular weight is 413 g/mol. The summed E-state index contributed by atoms with van der Waals surface area (Å²) in [6.07, 6.45) is 12.4. The van der Waals surface area contributed by atoms with Gasteiger partial charge in [-0.2, -0.15) is 0 Å². The van der Waals surface area contributed by atoms with Crippen LogP contribution in [0.25, 0.3) is 0 Å². The summed E-state index contributed by atoms with van der Waals surface area (Å²) in [5, 5.41) is 10.3. The Kier molecular flexibility index (Phi) is 5.48. The Labute approximate surface area is 184 Å². The van der Waals surface area contributed by atoms with Crippen LogP contribution in [0, 0.1) is 28.6 Å². The number of aliphatic hydroxyl groups excluding tert-OH is 1. The van der Waals surface area contributed by atoms with Crippen molar-refractivity contribution in [1.29, 1.82) is 0 Å². The van der Waals surface area contributed by atoms with Gasteiger partial charge in [-0.1, -0.05) is 32.4 Å². The molecule has 2 fully saturated rings. The molecule has 1 N–H and O–H groups in total. The van der Waals surface area contributed by atoms with Gasteiger partial charge in [-0.25, -0.2) is 0 Å². The van der Waals surface area contributed by atoms with Crippen LogP contribution in [0.15, 0.2) is 22.8 Å². The van der Waals surface area contributed by atoms with E-state index in [-0.39, 0.29) is 6.10 Å². The van der Waals surface area contributed by atoms with E-state index in [4.69, 9.17) is 0 Å². The van der Waals surface area contributed by atoms with E-state index in [1.807, 2.05) is 5.57 Å². The molecule has 5 aliphatic rings. The van der Waals surface area contributed by atoms with Crippen LogP contribution in [0.1, 0.15) is 72.1 Å². The number of allylic oxidation sites excluding steroid dienone is 4. The van der Waals surface area contributed by atoms with Gasteiger partial charge in [0.2, 0.25) is 0 Å². The van der Waals surface area contributed by atoms with Crippen molar-refractivity contribution in [3.05, 3.63) is 22.8 Å². The van der Waals surface area contributed by atoms with Gasteiger partial charge in [0.15, 0.2) is 0 Å². The van der Waals surface area contributed by atoms with E-state index in [9.17, 15) is 5.11 Å². The lowest BCUT2D eigenvalue weighted by molar-refractivity contribution is 0.0220. The fraction of sp³-hybridized carbons (Fsp3) is 0.852. The Morgan fingerprint density at radius 3 is 2.60 bits per heavy atom. The van der Waals surface area contributed by atoms with Gasteiger partial charge in [0.25, 0.3) is 0 Å². The Morgan fingerprint density at radius 2 is 1.83 bits per heavy atom. The quantitative estimate of drug-likeness (QED) is 0.716. The molecule has 1 saturated heterocycles. The van der Waals surface area contributed by atoms with Crippen LogP contribution < -0.4 is 0 Å². The summed E-state index contributed by atoms with van der Waals surface area (Å²) >= 11 is 0. The third kappa shape index (κ3) is 3.35. The molecule has 0 spiro atoms. The predicted molar refractivity (Wildman–Crippen MR) is 124 cm³/mol. The highest BCUT2D eigenvalue weighted by atomic mass is 16.3. The van der Waals surface area contributed by atoms with E-state index < -0.39 is 0 Å². The lowest BCUT2D eigenvalue weighted by atomic mass is 9.51. The average Bonchev–Trinajstić information content (AvgIpc) is 3.07. The van der Waals surface area contributed by atoms with Gasteiger partial charge in [-0.05, 0) is 98.1 Å². The largest absolute Gasteiger partial charge is 0.393 e. The first-order valence-electron chi connectivity index (χ1n) is 12.8. The number of aliphatic hydroxyl groups is 1. The summed E-state index contributed by atoms with van der Waals surface area (Å²) in [6.45, 7) is 13.9. The summed E-state index contributed by atoms with van der Waals surface area (Å²) in [5.74, 6) is 2.28. The monoisotopic (exact) mass is 412 g/mol. The molecule has 0 aromatic rings. The number of fused-ring (bicyclic) bond motifs is 4. The van der Waals surface area contributed by atoms with E-state index >= 15 is 0 Å². The van der Waals surface area contributed by atoms with E-state index in [0.717, 1.165) is 24.7 Å². The minimum atomic E-state index is -0.0513. The Morgan fingerprint density at radius 1 is 1.07 bits per heavy atom. The second-order valence-electron chi connectivity index (χ2n) is 12.0. The minimum Gasteiger partial charge on any atom is -0.393 e. The van der Waals surface area contributed by atoms with Gasteiger partial charge in [-0.3, -0.25) is 0 Å². The van der Waals surface area contributed by atoms with Crippen LogP contribution in [0.4, 0.5) is 0 Å². The number of hydrogen-bond donors (Lipinski definition) is 1. The summed E-state index contributed by atoms with van der Waals surface area (Å²) in [5.41, 5.74) is 6.08. The Hall–Kier alpha value is -0.640. The molecule has 0 amide bonds. The molecule has 0 unspecified atom stereocenters.